The minimum Gasteiger partial charge on any atom is -0.444 e. The molecular weight excluding hydrogens is 410 g/mol. The quantitative estimate of drug-likeness (QED) is 0.535. The molecule has 1 aromatic carbocycles. The molecule has 0 radical (unpaired) electrons. The van der Waals surface area contributed by atoms with Gasteiger partial charge in [-0.25, -0.2) is 4.79 Å². The smallest absolute Gasteiger partial charge is 0.413 e. The molecule has 0 unspecified atom stereocenters. The zero-order valence-electron chi connectivity index (χ0n) is 20.1. The largest absolute Gasteiger partial charge is 0.444 e. The first kappa shape index (κ1) is 25.4. The van der Waals surface area contributed by atoms with E-state index < -0.39 is 32.3 Å². The Morgan fingerprint density at radius 3 is 2.39 bits per heavy atom. The SMILES string of the molecule is CC(C)(C)OC(=O)N1[C@@H]([C@@H](O)C#CCO[Si](C)(C)C(C)(C)C)OC[C@H]1c1ccccc1. The van der Waals surface area contributed by atoms with Crippen molar-refractivity contribution >= 4 is 14.4 Å². The number of carbonyl (C=O) groups is 1. The number of nitrogens with zero attached hydrogens (tertiary/aromatic N) is 1. The predicted molar refractivity (Wildman–Crippen MR) is 124 cm³/mol. The van der Waals surface area contributed by atoms with Crippen molar-refractivity contribution in [2.45, 2.75) is 83.6 Å². The highest BCUT2D eigenvalue weighted by molar-refractivity contribution is 6.74. The maximum atomic E-state index is 13.0. The number of aliphatic hydroxyl groups excluding tert-OH is 1. The molecule has 0 aromatic heterocycles. The second kappa shape index (κ2) is 9.74. The van der Waals surface area contributed by atoms with E-state index >= 15 is 0 Å². The normalized spacial score (nSPS) is 20.7. The van der Waals surface area contributed by atoms with Crippen LogP contribution in [0.1, 0.15) is 53.1 Å². The second-order valence-corrected chi connectivity index (χ2v) is 15.2. The number of benzene rings is 1. The highest BCUT2D eigenvalue weighted by Crippen LogP contribution is 2.36. The van der Waals surface area contributed by atoms with E-state index in [2.05, 4.69) is 45.7 Å². The van der Waals surface area contributed by atoms with Gasteiger partial charge in [0.2, 0.25) is 0 Å². The average Bonchev–Trinajstić information content (AvgIpc) is 3.09. The minimum absolute atomic E-state index is 0.0816. The first-order valence-corrected chi connectivity index (χ1v) is 13.6. The van der Waals surface area contributed by atoms with Crippen LogP contribution in [0.25, 0.3) is 0 Å². The van der Waals surface area contributed by atoms with E-state index in [9.17, 15) is 9.90 Å². The third-order valence-corrected chi connectivity index (χ3v) is 10.1. The Kier molecular flexibility index (Phi) is 7.98. The molecule has 6 nitrogen and oxygen atoms in total. The fraction of sp³-hybridized carbons (Fsp3) is 0.625. The number of ether oxygens (including phenoxy) is 2. The van der Waals surface area contributed by atoms with Gasteiger partial charge in [0.1, 0.15) is 5.60 Å². The Morgan fingerprint density at radius 2 is 1.84 bits per heavy atom. The zero-order valence-corrected chi connectivity index (χ0v) is 21.1. The summed E-state index contributed by atoms with van der Waals surface area (Å²) in [6.45, 7) is 16.7. The average molecular weight is 448 g/mol. The zero-order chi connectivity index (χ0) is 23.4. The summed E-state index contributed by atoms with van der Waals surface area (Å²) in [6.07, 6.45) is -2.63. The lowest BCUT2D eigenvalue weighted by Crippen LogP contribution is -2.46. The third kappa shape index (κ3) is 6.81. The molecule has 3 atom stereocenters. The van der Waals surface area contributed by atoms with Crippen molar-refractivity contribution in [2.24, 2.45) is 0 Å². The minimum atomic E-state index is -1.92. The van der Waals surface area contributed by atoms with Gasteiger partial charge in [-0.05, 0) is 44.5 Å². The summed E-state index contributed by atoms with van der Waals surface area (Å²) < 4.78 is 17.5. The van der Waals surface area contributed by atoms with Crippen LogP contribution >= 0.6 is 0 Å². The maximum absolute atomic E-state index is 13.0. The second-order valence-electron chi connectivity index (χ2n) is 10.4. The Bertz CT molecular complexity index is 801. The maximum Gasteiger partial charge on any atom is 0.413 e. The van der Waals surface area contributed by atoms with Crippen LogP contribution in [0.3, 0.4) is 0 Å². The first-order chi connectivity index (χ1) is 14.2. The van der Waals surface area contributed by atoms with Crippen molar-refractivity contribution in [1.29, 1.82) is 0 Å². The third-order valence-electron chi connectivity index (χ3n) is 5.65. The Balaban J connectivity index is 2.17. The number of amides is 1. The van der Waals surface area contributed by atoms with Gasteiger partial charge < -0.3 is 19.0 Å². The van der Waals surface area contributed by atoms with Crippen LogP contribution in [0, 0.1) is 11.8 Å². The molecule has 7 heteroatoms. The van der Waals surface area contributed by atoms with Crippen molar-refractivity contribution in [1.82, 2.24) is 4.90 Å². The number of carbonyl (C=O) groups excluding carboxylic acids is 1. The fourth-order valence-electron chi connectivity index (χ4n) is 2.90. The van der Waals surface area contributed by atoms with E-state index in [1.165, 1.54) is 4.90 Å². The van der Waals surface area contributed by atoms with E-state index in [1.807, 2.05) is 51.1 Å². The van der Waals surface area contributed by atoms with Gasteiger partial charge in [0.25, 0.3) is 0 Å². The summed E-state index contributed by atoms with van der Waals surface area (Å²) in [4.78, 5) is 14.4. The van der Waals surface area contributed by atoms with Crippen molar-refractivity contribution < 1.29 is 23.8 Å². The summed E-state index contributed by atoms with van der Waals surface area (Å²) in [5, 5.41) is 10.8. The summed E-state index contributed by atoms with van der Waals surface area (Å²) in [7, 11) is -1.92. The standard InChI is InChI=1S/C24H37NO5Si/c1-23(2,3)30-22(27)25-19(18-13-10-9-11-14-18)17-28-21(25)20(26)15-12-16-29-31(7,8)24(4,5)6/h9-11,13-14,19-21,26H,16-17H2,1-8H3/t19-,20-,21+/m0/s1. The van der Waals surface area contributed by atoms with Crippen LogP contribution in [0.2, 0.25) is 18.1 Å². The molecule has 1 saturated heterocycles. The van der Waals surface area contributed by atoms with Gasteiger partial charge >= 0.3 is 6.09 Å². The van der Waals surface area contributed by atoms with E-state index in [0.29, 0.717) is 0 Å². The van der Waals surface area contributed by atoms with Gasteiger partial charge in [-0.3, -0.25) is 4.90 Å². The van der Waals surface area contributed by atoms with Gasteiger partial charge in [0, 0.05) is 0 Å². The number of hydrogen-bond acceptors (Lipinski definition) is 5. The lowest BCUT2D eigenvalue weighted by atomic mass is 10.1. The lowest BCUT2D eigenvalue weighted by molar-refractivity contribution is -0.0521. The van der Waals surface area contributed by atoms with E-state index in [1.54, 1.807) is 0 Å². The molecule has 1 fully saturated rings. The monoisotopic (exact) mass is 447 g/mol. The Morgan fingerprint density at radius 1 is 1.23 bits per heavy atom. The summed E-state index contributed by atoms with van der Waals surface area (Å²) in [5.74, 6) is 5.70. The summed E-state index contributed by atoms with van der Waals surface area (Å²) in [5.41, 5.74) is 0.247. The van der Waals surface area contributed by atoms with Crippen molar-refractivity contribution in [3.63, 3.8) is 0 Å². The summed E-state index contributed by atoms with van der Waals surface area (Å²) in [6, 6.07) is 9.23. The highest BCUT2D eigenvalue weighted by Gasteiger charge is 2.44. The van der Waals surface area contributed by atoms with Crippen LogP contribution in [-0.2, 0) is 13.9 Å². The molecular formula is C24H37NO5Si. The molecule has 2 rings (SSSR count). The van der Waals surface area contributed by atoms with Crippen molar-refractivity contribution in [3.05, 3.63) is 35.9 Å². The topological polar surface area (TPSA) is 68.2 Å². The van der Waals surface area contributed by atoms with Crippen molar-refractivity contribution in [3.8, 4) is 11.8 Å². The van der Waals surface area contributed by atoms with Crippen molar-refractivity contribution in [2.75, 3.05) is 13.2 Å². The van der Waals surface area contributed by atoms with Crippen LogP contribution in [0.15, 0.2) is 30.3 Å². The van der Waals surface area contributed by atoms with Crippen LogP contribution < -0.4 is 0 Å². The molecule has 1 N–H and O–H groups in total. The fourth-order valence-corrected chi connectivity index (χ4v) is 3.77. The molecule has 0 spiro atoms. The lowest BCUT2D eigenvalue weighted by Gasteiger charge is -2.35. The molecule has 1 aromatic rings. The van der Waals surface area contributed by atoms with Crippen LogP contribution in [-0.4, -0.2) is 55.6 Å². The number of hydrogen-bond donors (Lipinski definition) is 1. The molecule has 172 valence electrons. The Labute approximate surface area is 188 Å². The molecule has 0 saturated carbocycles. The molecule has 31 heavy (non-hydrogen) atoms. The first-order valence-electron chi connectivity index (χ1n) is 10.7. The van der Waals surface area contributed by atoms with Crippen LogP contribution in [0.4, 0.5) is 4.79 Å². The van der Waals surface area contributed by atoms with Gasteiger partial charge in [0.15, 0.2) is 20.6 Å². The predicted octanol–water partition coefficient (Wildman–Crippen LogP) is 4.71. The summed E-state index contributed by atoms with van der Waals surface area (Å²) >= 11 is 0. The molecule has 0 aliphatic carbocycles. The van der Waals surface area contributed by atoms with Gasteiger partial charge in [-0.2, -0.15) is 0 Å². The Hall–Kier alpha value is -1.85. The van der Waals surface area contributed by atoms with E-state index in [0.717, 1.165) is 5.56 Å². The van der Waals surface area contributed by atoms with Gasteiger partial charge in [-0.1, -0.05) is 62.9 Å². The van der Waals surface area contributed by atoms with E-state index in [4.69, 9.17) is 13.9 Å². The molecule has 1 aliphatic heterocycles. The number of rotatable bonds is 4. The number of aliphatic hydroxyl groups is 1. The van der Waals surface area contributed by atoms with Crippen LogP contribution in [0.5, 0.6) is 0 Å². The molecule has 1 amide bonds. The highest BCUT2D eigenvalue weighted by atomic mass is 28.4. The molecule has 0 bridgehead atoms. The van der Waals surface area contributed by atoms with Gasteiger partial charge in [-0.15, -0.1) is 0 Å². The molecule has 1 heterocycles. The molecule has 1 aliphatic rings. The van der Waals surface area contributed by atoms with Gasteiger partial charge in [0.05, 0.1) is 19.3 Å². The van der Waals surface area contributed by atoms with E-state index in [-0.39, 0.29) is 24.3 Å².